The number of carbonyl (C=O) groups is 2. The molecule has 3 amide bonds. The molecule has 0 bridgehead atoms. The van der Waals surface area contributed by atoms with E-state index in [9.17, 15) is 31.2 Å². The lowest BCUT2D eigenvalue weighted by Crippen LogP contribution is -2.33. The van der Waals surface area contributed by atoms with Gasteiger partial charge >= 0.3 is 11.5 Å². The Morgan fingerprint density at radius 3 is 2.28 bits per heavy atom. The van der Waals surface area contributed by atoms with Crippen LogP contribution >= 0.6 is 0 Å². The van der Waals surface area contributed by atoms with Crippen molar-refractivity contribution in [2.45, 2.75) is 36.5 Å². The number of aromatic nitrogens is 1. The molecule has 1 unspecified atom stereocenters. The molecule has 2 aromatic carbocycles. The Balaban J connectivity index is 1.49. The van der Waals surface area contributed by atoms with Crippen LogP contribution in [0.5, 0.6) is 5.88 Å². The van der Waals surface area contributed by atoms with E-state index in [1.165, 1.54) is 18.0 Å². The van der Waals surface area contributed by atoms with Gasteiger partial charge in [0, 0.05) is 18.8 Å². The first-order valence-corrected chi connectivity index (χ1v) is 12.1. The average Bonchev–Trinajstić information content (AvgIpc) is 3.06. The molecule has 0 aliphatic carbocycles. The van der Waals surface area contributed by atoms with E-state index in [-0.39, 0.29) is 12.2 Å². The standard InChI is InChI=1S/C24H20F3N3O5S/c1-16-22(31)30(19-7-9-20(10-8-19)36(33,34)24(25,26)27)23(32)29(16)14-18-11-12-28-21(13-18)35-15-17-5-3-2-4-6-17/h2-13,16H,14-15H2,1H3. The number of hydrogen-bond acceptors (Lipinski definition) is 6. The third-order valence-corrected chi connectivity index (χ3v) is 7.08. The van der Waals surface area contributed by atoms with E-state index in [2.05, 4.69) is 4.98 Å². The zero-order valence-corrected chi connectivity index (χ0v) is 19.7. The lowest BCUT2D eigenvalue weighted by atomic mass is 10.2. The highest BCUT2D eigenvalue weighted by Gasteiger charge is 2.47. The Kier molecular flexibility index (Phi) is 6.72. The van der Waals surface area contributed by atoms with E-state index in [0.717, 1.165) is 22.6 Å². The molecule has 0 saturated carbocycles. The molecule has 4 rings (SSSR count). The van der Waals surface area contributed by atoms with Gasteiger partial charge in [0.25, 0.3) is 15.7 Å². The fourth-order valence-corrected chi connectivity index (χ4v) is 4.38. The van der Waals surface area contributed by atoms with Crippen LogP contribution in [0.1, 0.15) is 18.1 Å². The summed E-state index contributed by atoms with van der Waals surface area (Å²) < 4.78 is 67.2. The lowest BCUT2D eigenvalue weighted by molar-refractivity contribution is -0.119. The lowest BCUT2D eigenvalue weighted by Gasteiger charge is -2.20. The summed E-state index contributed by atoms with van der Waals surface area (Å²) in [7, 11) is -5.55. The molecular formula is C24H20F3N3O5S. The maximum atomic E-state index is 13.1. The van der Waals surface area contributed by atoms with E-state index >= 15 is 0 Å². The first kappa shape index (κ1) is 25.2. The van der Waals surface area contributed by atoms with Crippen LogP contribution in [0, 0.1) is 0 Å². The molecule has 1 aromatic heterocycles. The van der Waals surface area contributed by atoms with E-state index in [1.54, 1.807) is 12.1 Å². The number of rotatable bonds is 7. The van der Waals surface area contributed by atoms with E-state index < -0.39 is 38.2 Å². The van der Waals surface area contributed by atoms with Crippen LogP contribution in [0.3, 0.4) is 0 Å². The zero-order valence-electron chi connectivity index (χ0n) is 18.8. The summed E-state index contributed by atoms with van der Waals surface area (Å²) in [5.74, 6) is -0.263. The first-order chi connectivity index (χ1) is 17.0. The van der Waals surface area contributed by atoms with Crippen LogP contribution < -0.4 is 9.64 Å². The second-order valence-corrected chi connectivity index (χ2v) is 9.92. The van der Waals surface area contributed by atoms with Crippen LogP contribution in [0.2, 0.25) is 0 Å². The van der Waals surface area contributed by atoms with Crippen LogP contribution in [-0.2, 0) is 27.8 Å². The molecule has 12 heteroatoms. The minimum Gasteiger partial charge on any atom is -0.473 e. The van der Waals surface area contributed by atoms with Crippen LogP contribution in [0.4, 0.5) is 23.7 Å². The number of halogens is 3. The molecule has 0 radical (unpaired) electrons. The number of benzene rings is 2. The molecule has 1 aliphatic heterocycles. The molecule has 36 heavy (non-hydrogen) atoms. The van der Waals surface area contributed by atoms with Crippen LogP contribution in [-0.4, -0.2) is 41.8 Å². The Hall–Kier alpha value is -3.93. The number of carbonyl (C=O) groups excluding carboxylic acids is 2. The molecule has 3 aromatic rings. The maximum Gasteiger partial charge on any atom is 0.501 e. The molecule has 0 spiro atoms. The molecule has 8 nitrogen and oxygen atoms in total. The number of sulfone groups is 1. The van der Waals surface area contributed by atoms with Crippen molar-refractivity contribution in [2.24, 2.45) is 0 Å². The Labute approximate surface area is 204 Å². The second kappa shape index (κ2) is 9.61. The molecular weight excluding hydrogens is 499 g/mol. The predicted octanol–water partition coefficient (Wildman–Crippen LogP) is 4.31. The topological polar surface area (TPSA) is 96.9 Å². The van der Waals surface area contributed by atoms with Crippen LogP contribution in [0.15, 0.2) is 77.8 Å². The van der Waals surface area contributed by atoms with Gasteiger partial charge in [0.05, 0.1) is 10.6 Å². The quantitative estimate of drug-likeness (QED) is 0.432. The highest BCUT2D eigenvalue weighted by Crippen LogP contribution is 2.33. The minimum atomic E-state index is -5.55. The van der Waals surface area contributed by atoms with Gasteiger partial charge in [-0.1, -0.05) is 30.3 Å². The number of hydrogen-bond donors (Lipinski definition) is 0. The fourth-order valence-electron chi connectivity index (χ4n) is 3.61. The van der Waals surface area contributed by atoms with Gasteiger partial charge in [-0.15, -0.1) is 0 Å². The smallest absolute Gasteiger partial charge is 0.473 e. The van der Waals surface area contributed by atoms with Crippen molar-refractivity contribution in [3.8, 4) is 5.88 Å². The first-order valence-electron chi connectivity index (χ1n) is 10.7. The molecule has 2 heterocycles. The van der Waals surface area contributed by atoms with Gasteiger partial charge in [0.15, 0.2) is 0 Å². The van der Waals surface area contributed by atoms with E-state index in [1.807, 2.05) is 30.3 Å². The van der Waals surface area contributed by atoms with Gasteiger partial charge in [0.1, 0.15) is 12.6 Å². The zero-order chi connectivity index (χ0) is 26.1. The molecule has 188 valence electrons. The molecule has 0 N–H and O–H groups in total. The average molecular weight is 520 g/mol. The molecule has 1 fully saturated rings. The number of nitrogens with zero attached hydrogens (tertiary/aromatic N) is 3. The highest BCUT2D eigenvalue weighted by atomic mass is 32.2. The minimum absolute atomic E-state index is 0.0397. The summed E-state index contributed by atoms with van der Waals surface area (Å²) in [5, 5.41) is 0. The van der Waals surface area contributed by atoms with Crippen molar-refractivity contribution in [2.75, 3.05) is 4.90 Å². The fraction of sp³-hybridized carbons (Fsp3) is 0.208. The van der Waals surface area contributed by atoms with Gasteiger partial charge in [0.2, 0.25) is 5.88 Å². The van der Waals surface area contributed by atoms with Gasteiger partial charge in [-0.2, -0.15) is 13.2 Å². The van der Waals surface area contributed by atoms with Crippen molar-refractivity contribution < 1.29 is 35.9 Å². The van der Waals surface area contributed by atoms with Crippen molar-refractivity contribution in [1.29, 1.82) is 0 Å². The van der Waals surface area contributed by atoms with Crippen molar-refractivity contribution in [3.05, 3.63) is 84.1 Å². The second-order valence-electron chi connectivity index (χ2n) is 7.98. The Morgan fingerprint density at radius 2 is 1.64 bits per heavy atom. The number of urea groups is 1. The largest absolute Gasteiger partial charge is 0.501 e. The number of imide groups is 1. The van der Waals surface area contributed by atoms with Gasteiger partial charge < -0.3 is 9.64 Å². The van der Waals surface area contributed by atoms with E-state index in [0.29, 0.717) is 30.2 Å². The van der Waals surface area contributed by atoms with Crippen molar-refractivity contribution in [3.63, 3.8) is 0 Å². The third-order valence-electron chi connectivity index (χ3n) is 5.57. The van der Waals surface area contributed by atoms with Gasteiger partial charge in [-0.25, -0.2) is 23.1 Å². The van der Waals surface area contributed by atoms with Crippen molar-refractivity contribution >= 4 is 27.5 Å². The summed E-state index contributed by atoms with van der Waals surface area (Å²) in [4.78, 5) is 31.1. The number of pyridine rings is 1. The summed E-state index contributed by atoms with van der Waals surface area (Å²) >= 11 is 0. The SMILES string of the molecule is CC1C(=O)N(c2ccc(S(=O)(=O)C(F)(F)F)cc2)C(=O)N1Cc1ccnc(OCc2ccccc2)c1. The number of anilines is 1. The summed E-state index contributed by atoms with van der Waals surface area (Å²) in [6.07, 6.45) is 1.51. The van der Waals surface area contributed by atoms with E-state index in [4.69, 9.17) is 4.74 Å². The molecule has 1 saturated heterocycles. The number of ether oxygens (including phenoxy) is 1. The number of amides is 3. The van der Waals surface area contributed by atoms with Gasteiger partial charge in [-0.3, -0.25) is 4.79 Å². The molecule has 1 atom stereocenters. The Morgan fingerprint density at radius 1 is 0.972 bits per heavy atom. The predicted molar refractivity (Wildman–Crippen MR) is 123 cm³/mol. The monoisotopic (exact) mass is 519 g/mol. The van der Waals surface area contributed by atoms with Gasteiger partial charge in [-0.05, 0) is 48.4 Å². The normalized spacial score (nSPS) is 16.5. The van der Waals surface area contributed by atoms with Crippen LogP contribution in [0.25, 0.3) is 0 Å². The third kappa shape index (κ3) is 4.89. The summed E-state index contributed by atoms with van der Waals surface area (Å²) in [5.41, 5.74) is -3.91. The maximum absolute atomic E-state index is 13.1. The molecule has 1 aliphatic rings. The Bertz CT molecular complexity index is 1380. The summed E-state index contributed by atoms with van der Waals surface area (Å²) in [6, 6.07) is 14.6. The highest BCUT2D eigenvalue weighted by molar-refractivity contribution is 7.92. The summed E-state index contributed by atoms with van der Waals surface area (Å²) in [6.45, 7) is 1.87. The number of alkyl halides is 3. The van der Waals surface area contributed by atoms with Crippen molar-refractivity contribution in [1.82, 2.24) is 9.88 Å².